The van der Waals surface area contributed by atoms with Crippen molar-refractivity contribution >= 4 is 11.7 Å². The number of likely N-dealkylation sites (tertiary alicyclic amines) is 1. The topological polar surface area (TPSA) is 52.6 Å². The van der Waals surface area contributed by atoms with Crippen LogP contribution in [-0.4, -0.2) is 35.2 Å². The highest BCUT2D eigenvalue weighted by Gasteiger charge is 2.26. The second kappa shape index (κ2) is 5.97. The van der Waals surface area contributed by atoms with E-state index in [9.17, 15) is 18.7 Å². The number of carbonyl (C=O) groups excluding carboxylic acids is 1. The molecule has 1 aromatic rings. The Balaban J connectivity index is 2.07. The second-order valence-electron chi connectivity index (χ2n) is 4.58. The minimum absolute atomic E-state index is 0.0614. The molecule has 1 saturated heterocycles. The standard InChI is InChI=1S/C13H16F2N2O2/c14-9-4-5-12(11(15)7-9)16-13(19)17-6-2-1-3-10(17)8-18/h4-5,7,10,18H,1-3,6,8H2,(H,16,19). The van der Waals surface area contributed by atoms with Gasteiger partial charge in [0, 0.05) is 12.6 Å². The Morgan fingerprint density at radius 2 is 2.21 bits per heavy atom. The van der Waals surface area contributed by atoms with E-state index in [1.54, 1.807) is 0 Å². The van der Waals surface area contributed by atoms with E-state index >= 15 is 0 Å². The average molecular weight is 270 g/mol. The normalized spacial score (nSPS) is 19.3. The van der Waals surface area contributed by atoms with Crippen LogP contribution in [0.25, 0.3) is 0 Å². The number of anilines is 1. The largest absolute Gasteiger partial charge is 0.394 e. The zero-order valence-electron chi connectivity index (χ0n) is 10.4. The molecule has 1 unspecified atom stereocenters. The summed E-state index contributed by atoms with van der Waals surface area (Å²) < 4.78 is 26.2. The average Bonchev–Trinajstić information content (AvgIpc) is 2.41. The minimum Gasteiger partial charge on any atom is -0.394 e. The fraction of sp³-hybridized carbons (Fsp3) is 0.462. The zero-order chi connectivity index (χ0) is 13.8. The van der Waals surface area contributed by atoms with E-state index in [1.165, 1.54) is 11.0 Å². The lowest BCUT2D eigenvalue weighted by Crippen LogP contribution is -2.47. The molecule has 1 aliphatic heterocycles. The van der Waals surface area contributed by atoms with Gasteiger partial charge in [-0.25, -0.2) is 13.6 Å². The van der Waals surface area contributed by atoms with Crippen LogP contribution in [0.5, 0.6) is 0 Å². The van der Waals surface area contributed by atoms with E-state index in [1.807, 2.05) is 0 Å². The molecule has 19 heavy (non-hydrogen) atoms. The first-order valence-corrected chi connectivity index (χ1v) is 6.25. The van der Waals surface area contributed by atoms with Crippen LogP contribution in [0.2, 0.25) is 0 Å². The van der Waals surface area contributed by atoms with E-state index in [2.05, 4.69) is 5.32 Å². The number of carbonyl (C=O) groups is 1. The monoisotopic (exact) mass is 270 g/mol. The molecule has 0 spiro atoms. The molecule has 0 saturated carbocycles. The summed E-state index contributed by atoms with van der Waals surface area (Å²) in [6.45, 7) is 0.416. The molecule has 0 aromatic heterocycles. The highest BCUT2D eigenvalue weighted by molar-refractivity contribution is 5.89. The van der Waals surface area contributed by atoms with Gasteiger partial charge in [0.15, 0.2) is 0 Å². The summed E-state index contributed by atoms with van der Waals surface area (Å²) in [6, 6.07) is 2.27. The number of nitrogens with zero attached hydrogens (tertiary/aromatic N) is 1. The first-order chi connectivity index (χ1) is 9.11. The number of benzene rings is 1. The van der Waals surface area contributed by atoms with Gasteiger partial charge in [0.1, 0.15) is 11.6 Å². The number of piperidine rings is 1. The van der Waals surface area contributed by atoms with Gasteiger partial charge in [-0.05, 0) is 31.4 Å². The summed E-state index contributed by atoms with van der Waals surface area (Å²) >= 11 is 0. The van der Waals surface area contributed by atoms with Gasteiger partial charge in [-0.3, -0.25) is 0 Å². The molecule has 0 aliphatic carbocycles. The Bertz CT molecular complexity index is 468. The molecule has 1 atom stereocenters. The number of aliphatic hydroxyl groups excluding tert-OH is 1. The second-order valence-corrected chi connectivity index (χ2v) is 4.58. The first kappa shape index (κ1) is 13.7. The molecule has 1 aromatic carbocycles. The predicted octanol–water partition coefficient (Wildman–Crippen LogP) is 2.34. The molecule has 1 heterocycles. The molecule has 1 fully saturated rings. The van der Waals surface area contributed by atoms with Crippen molar-refractivity contribution in [3.05, 3.63) is 29.8 Å². The number of halogens is 2. The summed E-state index contributed by atoms with van der Waals surface area (Å²) in [5.74, 6) is -1.51. The number of rotatable bonds is 2. The van der Waals surface area contributed by atoms with E-state index in [-0.39, 0.29) is 18.3 Å². The Morgan fingerprint density at radius 1 is 1.42 bits per heavy atom. The van der Waals surface area contributed by atoms with Crippen molar-refractivity contribution in [2.24, 2.45) is 0 Å². The molecule has 0 bridgehead atoms. The lowest BCUT2D eigenvalue weighted by atomic mass is 10.0. The van der Waals surface area contributed by atoms with Crippen molar-refractivity contribution in [2.45, 2.75) is 25.3 Å². The maximum atomic E-state index is 13.4. The molecule has 6 heteroatoms. The minimum atomic E-state index is -0.814. The maximum Gasteiger partial charge on any atom is 0.322 e. The van der Waals surface area contributed by atoms with Crippen molar-refractivity contribution in [3.63, 3.8) is 0 Å². The fourth-order valence-electron chi connectivity index (χ4n) is 2.24. The van der Waals surface area contributed by atoms with Gasteiger partial charge in [0.25, 0.3) is 0 Å². The third kappa shape index (κ3) is 3.20. The quantitative estimate of drug-likeness (QED) is 0.866. The molecule has 0 radical (unpaired) electrons. The first-order valence-electron chi connectivity index (χ1n) is 6.25. The van der Waals surface area contributed by atoms with Crippen LogP contribution >= 0.6 is 0 Å². The van der Waals surface area contributed by atoms with Gasteiger partial charge in [-0.15, -0.1) is 0 Å². The summed E-state index contributed by atoms with van der Waals surface area (Å²) in [4.78, 5) is 13.5. The SMILES string of the molecule is O=C(Nc1ccc(F)cc1F)N1CCCCC1CO. The number of urea groups is 1. The fourth-order valence-corrected chi connectivity index (χ4v) is 2.24. The zero-order valence-corrected chi connectivity index (χ0v) is 10.4. The predicted molar refractivity (Wildman–Crippen MR) is 66.8 cm³/mol. The third-order valence-corrected chi connectivity index (χ3v) is 3.27. The van der Waals surface area contributed by atoms with Crippen LogP contribution in [0.1, 0.15) is 19.3 Å². The van der Waals surface area contributed by atoms with Crippen molar-refractivity contribution in [1.82, 2.24) is 4.90 Å². The lowest BCUT2D eigenvalue weighted by Gasteiger charge is -2.34. The van der Waals surface area contributed by atoms with Crippen molar-refractivity contribution < 1.29 is 18.7 Å². The van der Waals surface area contributed by atoms with Crippen LogP contribution in [0.4, 0.5) is 19.3 Å². The van der Waals surface area contributed by atoms with Crippen LogP contribution in [0.15, 0.2) is 18.2 Å². The summed E-state index contributed by atoms with van der Waals surface area (Å²) in [6.07, 6.45) is 2.55. The Hall–Kier alpha value is -1.69. The van der Waals surface area contributed by atoms with E-state index in [4.69, 9.17) is 0 Å². The lowest BCUT2D eigenvalue weighted by molar-refractivity contribution is 0.115. The molecule has 104 valence electrons. The third-order valence-electron chi connectivity index (χ3n) is 3.27. The van der Waals surface area contributed by atoms with Gasteiger partial charge in [0.2, 0.25) is 0 Å². The molecule has 2 amide bonds. The molecule has 2 N–H and O–H groups in total. The van der Waals surface area contributed by atoms with Gasteiger partial charge in [-0.1, -0.05) is 0 Å². The number of hydrogen-bond acceptors (Lipinski definition) is 2. The van der Waals surface area contributed by atoms with E-state index < -0.39 is 17.7 Å². The van der Waals surface area contributed by atoms with Gasteiger partial charge in [0.05, 0.1) is 18.3 Å². The van der Waals surface area contributed by atoms with Crippen molar-refractivity contribution in [1.29, 1.82) is 0 Å². The van der Waals surface area contributed by atoms with Crippen LogP contribution < -0.4 is 5.32 Å². The van der Waals surface area contributed by atoms with Crippen LogP contribution in [0, 0.1) is 11.6 Å². The van der Waals surface area contributed by atoms with Crippen LogP contribution in [0.3, 0.4) is 0 Å². The molecule has 1 aliphatic rings. The summed E-state index contributed by atoms with van der Waals surface area (Å²) in [5.41, 5.74) is -0.0614. The van der Waals surface area contributed by atoms with Crippen molar-refractivity contribution in [3.8, 4) is 0 Å². The summed E-state index contributed by atoms with van der Waals surface area (Å²) in [7, 11) is 0. The van der Waals surface area contributed by atoms with E-state index in [0.29, 0.717) is 6.54 Å². The highest BCUT2D eigenvalue weighted by Crippen LogP contribution is 2.20. The smallest absolute Gasteiger partial charge is 0.322 e. The van der Waals surface area contributed by atoms with Crippen LogP contribution in [-0.2, 0) is 0 Å². The molecule has 4 nitrogen and oxygen atoms in total. The van der Waals surface area contributed by atoms with Gasteiger partial charge in [-0.2, -0.15) is 0 Å². The maximum absolute atomic E-state index is 13.4. The molecular weight excluding hydrogens is 254 g/mol. The summed E-state index contributed by atoms with van der Waals surface area (Å²) in [5, 5.41) is 11.6. The molecular formula is C13H16F2N2O2. The molecule has 2 rings (SSSR count). The number of hydrogen-bond donors (Lipinski definition) is 2. The number of amides is 2. The highest BCUT2D eigenvalue weighted by atomic mass is 19.1. The number of nitrogens with one attached hydrogen (secondary N) is 1. The van der Waals surface area contributed by atoms with Gasteiger partial charge < -0.3 is 15.3 Å². The van der Waals surface area contributed by atoms with Crippen molar-refractivity contribution in [2.75, 3.05) is 18.5 Å². The Kier molecular flexibility index (Phi) is 4.31. The van der Waals surface area contributed by atoms with E-state index in [0.717, 1.165) is 31.4 Å². The van der Waals surface area contributed by atoms with Gasteiger partial charge >= 0.3 is 6.03 Å². The Morgan fingerprint density at radius 3 is 2.89 bits per heavy atom. The Labute approximate surface area is 110 Å². The number of aliphatic hydroxyl groups is 1.